The van der Waals surface area contributed by atoms with E-state index >= 15 is 0 Å². The topological polar surface area (TPSA) is 43.8 Å². The minimum absolute atomic E-state index is 0.581. The Labute approximate surface area is 102 Å². The molecule has 1 heterocycles. The van der Waals surface area contributed by atoms with Crippen molar-refractivity contribution in [2.45, 2.75) is 13.5 Å². The van der Waals surface area contributed by atoms with Crippen LogP contribution in [0.2, 0.25) is 0 Å². The molecule has 0 bridgehead atoms. The molecule has 0 atom stereocenters. The smallest absolute Gasteiger partial charge is 0.0675 e. The average Bonchev–Trinajstić information content (AvgIpc) is 2.64. The molecule has 15 heavy (non-hydrogen) atoms. The fourth-order valence-electron chi connectivity index (χ4n) is 1.53. The maximum atomic E-state index is 5.59. The van der Waals surface area contributed by atoms with Gasteiger partial charge in [-0.15, -0.1) is 0 Å². The number of nitrogens with zero attached hydrogens (tertiary/aromatic N) is 2. The SMILES string of the molecule is Cc1cc(CN)ccc1-n1cc(I)cn1. The first-order valence-electron chi connectivity index (χ1n) is 4.71. The van der Waals surface area contributed by atoms with E-state index in [1.165, 1.54) is 5.56 Å². The van der Waals surface area contributed by atoms with Gasteiger partial charge in [0.15, 0.2) is 0 Å². The minimum Gasteiger partial charge on any atom is -0.326 e. The zero-order chi connectivity index (χ0) is 10.8. The number of hydrogen-bond acceptors (Lipinski definition) is 2. The first kappa shape index (κ1) is 10.6. The lowest BCUT2D eigenvalue weighted by atomic mass is 10.1. The van der Waals surface area contributed by atoms with Crippen LogP contribution in [-0.4, -0.2) is 9.78 Å². The average molecular weight is 313 g/mol. The van der Waals surface area contributed by atoms with Crippen LogP contribution in [0, 0.1) is 10.5 Å². The molecule has 0 amide bonds. The molecule has 1 aromatic heterocycles. The van der Waals surface area contributed by atoms with E-state index in [1.807, 2.05) is 23.1 Å². The first-order chi connectivity index (χ1) is 7.20. The minimum atomic E-state index is 0.581. The summed E-state index contributed by atoms with van der Waals surface area (Å²) in [6.45, 7) is 2.65. The molecule has 0 fully saturated rings. The molecule has 0 saturated heterocycles. The summed E-state index contributed by atoms with van der Waals surface area (Å²) in [6.07, 6.45) is 3.85. The van der Waals surface area contributed by atoms with Gasteiger partial charge in [0.2, 0.25) is 0 Å². The van der Waals surface area contributed by atoms with Crippen molar-refractivity contribution in [2.75, 3.05) is 0 Å². The highest BCUT2D eigenvalue weighted by Crippen LogP contribution is 2.16. The highest BCUT2D eigenvalue weighted by Gasteiger charge is 2.03. The second-order valence-corrected chi connectivity index (χ2v) is 4.67. The fraction of sp³-hybridized carbons (Fsp3) is 0.182. The summed E-state index contributed by atoms with van der Waals surface area (Å²) >= 11 is 2.25. The second-order valence-electron chi connectivity index (χ2n) is 3.43. The third kappa shape index (κ3) is 2.21. The van der Waals surface area contributed by atoms with Gasteiger partial charge < -0.3 is 5.73 Å². The molecule has 0 aliphatic rings. The van der Waals surface area contributed by atoms with Crippen LogP contribution in [0.25, 0.3) is 5.69 Å². The van der Waals surface area contributed by atoms with Gasteiger partial charge in [-0.05, 0) is 46.7 Å². The summed E-state index contributed by atoms with van der Waals surface area (Å²) < 4.78 is 3.02. The summed E-state index contributed by atoms with van der Waals surface area (Å²) in [7, 11) is 0. The molecular weight excluding hydrogens is 301 g/mol. The standard InChI is InChI=1S/C11H12IN3/c1-8-4-9(5-13)2-3-11(8)15-7-10(12)6-14-15/h2-4,6-7H,5,13H2,1H3. The lowest BCUT2D eigenvalue weighted by molar-refractivity contribution is 0.870. The van der Waals surface area contributed by atoms with Crippen molar-refractivity contribution in [2.24, 2.45) is 5.73 Å². The first-order valence-corrected chi connectivity index (χ1v) is 5.78. The molecule has 4 heteroatoms. The van der Waals surface area contributed by atoms with Gasteiger partial charge in [-0.25, -0.2) is 4.68 Å². The largest absolute Gasteiger partial charge is 0.326 e. The maximum absolute atomic E-state index is 5.59. The lowest BCUT2D eigenvalue weighted by Gasteiger charge is -2.07. The number of aryl methyl sites for hydroxylation is 1. The fourth-order valence-corrected chi connectivity index (χ4v) is 1.92. The van der Waals surface area contributed by atoms with E-state index in [2.05, 4.69) is 46.7 Å². The number of halogens is 1. The zero-order valence-electron chi connectivity index (χ0n) is 8.44. The molecule has 0 aliphatic heterocycles. The van der Waals surface area contributed by atoms with Crippen molar-refractivity contribution in [1.29, 1.82) is 0 Å². The Bertz CT molecular complexity index is 476. The van der Waals surface area contributed by atoms with Crippen LogP contribution < -0.4 is 5.73 Å². The van der Waals surface area contributed by atoms with Crippen LogP contribution in [0.15, 0.2) is 30.6 Å². The van der Waals surface area contributed by atoms with Crippen LogP contribution in [0.1, 0.15) is 11.1 Å². The van der Waals surface area contributed by atoms with Crippen LogP contribution >= 0.6 is 22.6 Å². The Morgan fingerprint density at radius 3 is 2.80 bits per heavy atom. The van der Waals surface area contributed by atoms with Gasteiger partial charge in [-0.2, -0.15) is 5.10 Å². The number of hydrogen-bond donors (Lipinski definition) is 1. The number of benzene rings is 1. The van der Waals surface area contributed by atoms with Crippen molar-refractivity contribution < 1.29 is 0 Å². The van der Waals surface area contributed by atoms with Crippen molar-refractivity contribution in [3.63, 3.8) is 0 Å². The van der Waals surface area contributed by atoms with Gasteiger partial charge in [0.1, 0.15) is 0 Å². The van der Waals surface area contributed by atoms with Gasteiger partial charge >= 0.3 is 0 Å². The zero-order valence-corrected chi connectivity index (χ0v) is 10.6. The quantitative estimate of drug-likeness (QED) is 0.864. The van der Waals surface area contributed by atoms with E-state index in [0.29, 0.717) is 6.54 Å². The van der Waals surface area contributed by atoms with E-state index in [1.54, 1.807) is 0 Å². The lowest BCUT2D eigenvalue weighted by Crippen LogP contribution is -2.01. The molecule has 3 nitrogen and oxygen atoms in total. The number of aromatic nitrogens is 2. The number of rotatable bonds is 2. The highest BCUT2D eigenvalue weighted by molar-refractivity contribution is 14.1. The summed E-state index contributed by atoms with van der Waals surface area (Å²) in [5.74, 6) is 0. The monoisotopic (exact) mass is 313 g/mol. The molecular formula is C11H12IN3. The van der Waals surface area contributed by atoms with Gasteiger partial charge in [0.25, 0.3) is 0 Å². The summed E-state index contributed by atoms with van der Waals surface area (Å²) in [5.41, 5.74) is 9.04. The third-order valence-corrected chi connectivity index (χ3v) is 2.85. The summed E-state index contributed by atoms with van der Waals surface area (Å²) in [6, 6.07) is 6.20. The molecule has 2 N–H and O–H groups in total. The maximum Gasteiger partial charge on any atom is 0.0675 e. The molecule has 0 saturated carbocycles. The predicted octanol–water partition coefficient (Wildman–Crippen LogP) is 2.24. The van der Waals surface area contributed by atoms with Crippen LogP contribution in [-0.2, 0) is 6.54 Å². The third-order valence-electron chi connectivity index (χ3n) is 2.29. The van der Waals surface area contributed by atoms with Crippen molar-refractivity contribution in [3.8, 4) is 5.69 Å². The Morgan fingerprint density at radius 2 is 2.27 bits per heavy atom. The van der Waals surface area contributed by atoms with Crippen molar-refractivity contribution >= 4 is 22.6 Å². The predicted molar refractivity (Wildman–Crippen MR) is 68.9 cm³/mol. The molecule has 2 aromatic rings. The van der Waals surface area contributed by atoms with Gasteiger partial charge in [0, 0.05) is 12.7 Å². The number of nitrogens with two attached hydrogens (primary N) is 1. The molecule has 78 valence electrons. The Morgan fingerprint density at radius 1 is 1.47 bits per heavy atom. The molecule has 0 unspecified atom stereocenters. The van der Waals surface area contributed by atoms with Gasteiger partial charge in [-0.1, -0.05) is 12.1 Å². The van der Waals surface area contributed by atoms with Crippen LogP contribution in [0.5, 0.6) is 0 Å². The van der Waals surface area contributed by atoms with E-state index in [-0.39, 0.29) is 0 Å². The van der Waals surface area contributed by atoms with E-state index in [4.69, 9.17) is 5.73 Å². The molecule has 2 rings (SSSR count). The van der Waals surface area contributed by atoms with Gasteiger partial charge in [-0.3, -0.25) is 0 Å². The summed E-state index contributed by atoms with van der Waals surface area (Å²) in [4.78, 5) is 0. The Kier molecular flexibility index (Phi) is 3.06. The van der Waals surface area contributed by atoms with Crippen molar-refractivity contribution in [3.05, 3.63) is 45.3 Å². The second kappa shape index (κ2) is 4.32. The molecule has 0 aliphatic carbocycles. The van der Waals surface area contributed by atoms with E-state index in [9.17, 15) is 0 Å². The molecule has 1 aromatic carbocycles. The molecule has 0 radical (unpaired) electrons. The van der Waals surface area contributed by atoms with Gasteiger partial charge in [0.05, 0.1) is 15.5 Å². The normalized spacial score (nSPS) is 10.6. The van der Waals surface area contributed by atoms with Crippen molar-refractivity contribution in [1.82, 2.24) is 9.78 Å². The van der Waals surface area contributed by atoms with Crippen LogP contribution in [0.3, 0.4) is 0 Å². The van der Waals surface area contributed by atoms with E-state index < -0.39 is 0 Å². The Hall–Kier alpha value is -0.880. The summed E-state index contributed by atoms with van der Waals surface area (Å²) in [5, 5.41) is 4.28. The Balaban J connectivity index is 2.45. The highest BCUT2D eigenvalue weighted by atomic mass is 127. The van der Waals surface area contributed by atoms with E-state index in [0.717, 1.165) is 14.8 Å². The molecule has 0 spiro atoms. The van der Waals surface area contributed by atoms with Crippen LogP contribution in [0.4, 0.5) is 0 Å².